The molecule has 1 amide bonds. The molecule has 0 fully saturated rings. The van der Waals surface area contributed by atoms with Gasteiger partial charge in [-0.2, -0.15) is 4.31 Å². The number of amides is 1. The Morgan fingerprint density at radius 1 is 1.00 bits per heavy atom. The van der Waals surface area contributed by atoms with E-state index < -0.39 is 21.7 Å². The van der Waals surface area contributed by atoms with Crippen molar-refractivity contribution in [2.24, 2.45) is 0 Å². The topological polar surface area (TPSA) is 66.5 Å². The molecule has 3 rings (SSSR count). The highest BCUT2D eigenvalue weighted by Gasteiger charge is 2.22. The molecule has 5 nitrogen and oxygen atoms in total. The van der Waals surface area contributed by atoms with Crippen LogP contribution in [0.15, 0.2) is 77.7 Å². The lowest BCUT2D eigenvalue weighted by Gasteiger charge is -2.19. The van der Waals surface area contributed by atoms with E-state index in [2.05, 4.69) is 5.32 Å². The Kier molecular flexibility index (Phi) is 8.02. The lowest BCUT2D eigenvalue weighted by Crippen LogP contribution is -2.30. The molecular weight excluding hydrogens is 463 g/mol. The fourth-order valence-electron chi connectivity index (χ4n) is 3.28. The van der Waals surface area contributed by atoms with Crippen LogP contribution in [0.25, 0.3) is 11.6 Å². The van der Waals surface area contributed by atoms with Gasteiger partial charge in [0.1, 0.15) is 5.82 Å². The number of benzene rings is 3. The van der Waals surface area contributed by atoms with Crippen molar-refractivity contribution in [2.45, 2.75) is 18.7 Å². The largest absolute Gasteiger partial charge is 0.322 e. The van der Waals surface area contributed by atoms with Gasteiger partial charge in [0.05, 0.1) is 4.90 Å². The van der Waals surface area contributed by atoms with Crippen molar-refractivity contribution in [3.05, 3.63) is 94.8 Å². The van der Waals surface area contributed by atoms with E-state index in [4.69, 9.17) is 11.6 Å². The highest BCUT2D eigenvalue weighted by Crippen LogP contribution is 2.24. The Balaban J connectivity index is 1.96. The van der Waals surface area contributed by atoms with Crippen molar-refractivity contribution in [3.63, 3.8) is 0 Å². The summed E-state index contributed by atoms with van der Waals surface area (Å²) in [7, 11) is -3.68. The number of sulfonamides is 1. The van der Waals surface area contributed by atoms with Crippen molar-refractivity contribution in [1.82, 2.24) is 4.31 Å². The predicted octanol–water partition coefficient (Wildman–Crippen LogP) is 5.69. The van der Waals surface area contributed by atoms with Gasteiger partial charge in [0.15, 0.2) is 0 Å². The summed E-state index contributed by atoms with van der Waals surface area (Å²) in [6.07, 6.45) is 1.66. The molecule has 3 aromatic rings. The van der Waals surface area contributed by atoms with Crippen LogP contribution in [0.2, 0.25) is 5.02 Å². The van der Waals surface area contributed by atoms with Crippen LogP contribution in [0.5, 0.6) is 0 Å². The van der Waals surface area contributed by atoms with Crippen molar-refractivity contribution < 1.29 is 17.6 Å². The number of anilines is 1. The van der Waals surface area contributed by atoms with Crippen LogP contribution in [-0.2, 0) is 14.8 Å². The Morgan fingerprint density at radius 3 is 2.24 bits per heavy atom. The van der Waals surface area contributed by atoms with Crippen molar-refractivity contribution in [3.8, 4) is 0 Å². The molecule has 0 aromatic heterocycles. The minimum absolute atomic E-state index is 0.0917. The van der Waals surface area contributed by atoms with Gasteiger partial charge in [-0.1, -0.05) is 55.8 Å². The van der Waals surface area contributed by atoms with E-state index in [0.29, 0.717) is 29.4 Å². The number of rotatable bonds is 8. The number of nitrogens with zero attached hydrogens (tertiary/aromatic N) is 1. The molecule has 0 radical (unpaired) electrons. The third-order valence-electron chi connectivity index (χ3n) is 5.02. The zero-order chi connectivity index (χ0) is 24.0. The average molecular weight is 487 g/mol. The standard InChI is InChI=1S/C25H24ClFN2O3S/c1-3-29(4-2)33(31,32)23-7-5-6-22(17-23)28-25(30)24(19-10-14-21(27)15-11-19)16-18-8-12-20(26)13-9-18/h5-17H,3-4H2,1-2H3,(H,28,30)/b24-16+. The van der Waals surface area contributed by atoms with E-state index in [-0.39, 0.29) is 10.5 Å². The van der Waals surface area contributed by atoms with Crippen LogP contribution >= 0.6 is 11.6 Å². The number of carbonyl (C=O) groups is 1. The molecule has 8 heteroatoms. The number of nitrogens with one attached hydrogen (secondary N) is 1. The van der Waals surface area contributed by atoms with Gasteiger partial charge in [-0.25, -0.2) is 12.8 Å². The van der Waals surface area contributed by atoms with E-state index in [1.165, 1.54) is 40.7 Å². The minimum atomic E-state index is -3.68. The summed E-state index contributed by atoms with van der Waals surface area (Å²) in [6, 6.07) is 18.6. The normalized spacial score (nSPS) is 12.1. The highest BCUT2D eigenvalue weighted by atomic mass is 35.5. The molecule has 0 bridgehead atoms. The van der Waals surface area contributed by atoms with Gasteiger partial charge in [-0.3, -0.25) is 4.79 Å². The van der Waals surface area contributed by atoms with Gasteiger partial charge in [-0.05, 0) is 59.7 Å². The minimum Gasteiger partial charge on any atom is -0.322 e. The number of hydrogen-bond acceptors (Lipinski definition) is 3. The van der Waals surface area contributed by atoms with Crippen LogP contribution in [0.1, 0.15) is 25.0 Å². The molecule has 0 saturated carbocycles. The SMILES string of the molecule is CCN(CC)S(=O)(=O)c1cccc(NC(=O)/C(=C/c2ccc(Cl)cc2)c2ccc(F)cc2)c1. The van der Waals surface area contributed by atoms with E-state index in [1.807, 2.05) is 0 Å². The Hall–Kier alpha value is -3.00. The van der Waals surface area contributed by atoms with Crippen molar-refractivity contribution in [2.75, 3.05) is 18.4 Å². The fraction of sp³-hybridized carbons (Fsp3) is 0.160. The molecule has 0 aliphatic rings. The van der Waals surface area contributed by atoms with Crippen LogP contribution in [0, 0.1) is 5.82 Å². The summed E-state index contributed by atoms with van der Waals surface area (Å²) in [6.45, 7) is 4.22. The van der Waals surface area contributed by atoms with Crippen LogP contribution in [0.3, 0.4) is 0 Å². The first-order chi connectivity index (χ1) is 15.7. The molecule has 33 heavy (non-hydrogen) atoms. The zero-order valence-corrected chi connectivity index (χ0v) is 19.8. The second kappa shape index (κ2) is 10.7. The maximum atomic E-state index is 13.5. The molecular formula is C25H24ClFN2O3S. The number of hydrogen-bond donors (Lipinski definition) is 1. The summed E-state index contributed by atoms with van der Waals surface area (Å²) >= 11 is 5.95. The quantitative estimate of drug-likeness (QED) is 0.328. The lowest BCUT2D eigenvalue weighted by atomic mass is 10.0. The molecule has 0 unspecified atom stereocenters. The lowest BCUT2D eigenvalue weighted by molar-refractivity contribution is -0.111. The molecule has 1 N–H and O–H groups in total. The van der Waals surface area contributed by atoms with Gasteiger partial charge in [-0.15, -0.1) is 0 Å². The second-order valence-corrected chi connectivity index (χ2v) is 9.56. The molecule has 0 aliphatic carbocycles. The molecule has 3 aromatic carbocycles. The smallest absolute Gasteiger partial charge is 0.256 e. The Labute approximate surface area is 198 Å². The maximum Gasteiger partial charge on any atom is 0.256 e. The fourth-order valence-corrected chi connectivity index (χ4v) is 4.91. The molecule has 172 valence electrons. The summed E-state index contributed by atoms with van der Waals surface area (Å²) in [4.78, 5) is 13.3. The zero-order valence-electron chi connectivity index (χ0n) is 18.3. The first kappa shape index (κ1) is 24.6. The molecule has 0 spiro atoms. The first-order valence-corrected chi connectivity index (χ1v) is 12.2. The third kappa shape index (κ3) is 6.07. The van der Waals surface area contributed by atoms with E-state index >= 15 is 0 Å². The summed E-state index contributed by atoms with van der Waals surface area (Å²) < 4.78 is 40.5. The maximum absolute atomic E-state index is 13.5. The number of halogens is 2. The van der Waals surface area contributed by atoms with E-state index in [1.54, 1.807) is 56.3 Å². The van der Waals surface area contributed by atoms with Gasteiger partial charge < -0.3 is 5.32 Å². The van der Waals surface area contributed by atoms with Gasteiger partial charge in [0, 0.05) is 29.4 Å². The van der Waals surface area contributed by atoms with E-state index in [9.17, 15) is 17.6 Å². The van der Waals surface area contributed by atoms with Crippen LogP contribution in [-0.4, -0.2) is 31.7 Å². The second-order valence-electron chi connectivity index (χ2n) is 7.19. The molecule has 0 atom stereocenters. The van der Waals surface area contributed by atoms with Gasteiger partial charge >= 0.3 is 0 Å². The third-order valence-corrected chi connectivity index (χ3v) is 7.31. The average Bonchev–Trinajstić information content (AvgIpc) is 2.80. The summed E-state index contributed by atoms with van der Waals surface area (Å²) in [5, 5.41) is 3.33. The predicted molar refractivity (Wildman–Crippen MR) is 131 cm³/mol. The number of carbonyl (C=O) groups excluding carboxylic acids is 1. The van der Waals surface area contributed by atoms with E-state index in [0.717, 1.165) is 5.56 Å². The Morgan fingerprint density at radius 2 is 1.64 bits per heavy atom. The van der Waals surface area contributed by atoms with Crippen LogP contribution < -0.4 is 5.32 Å². The molecule has 0 saturated heterocycles. The first-order valence-electron chi connectivity index (χ1n) is 10.4. The highest BCUT2D eigenvalue weighted by molar-refractivity contribution is 7.89. The summed E-state index contributed by atoms with van der Waals surface area (Å²) in [5.41, 5.74) is 1.86. The van der Waals surface area contributed by atoms with Gasteiger partial charge in [0.2, 0.25) is 10.0 Å². The van der Waals surface area contributed by atoms with Crippen molar-refractivity contribution in [1.29, 1.82) is 0 Å². The monoisotopic (exact) mass is 486 g/mol. The van der Waals surface area contributed by atoms with Crippen molar-refractivity contribution >= 4 is 44.9 Å². The summed E-state index contributed by atoms with van der Waals surface area (Å²) in [5.74, 6) is -0.881. The molecule has 0 aliphatic heterocycles. The van der Waals surface area contributed by atoms with Gasteiger partial charge in [0.25, 0.3) is 5.91 Å². The molecule has 0 heterocycles. The van der Waals surface area contributed by atoms with Crippen LogP contribution in [0.4, 0.5) is 10.1 Å². The Bertz CT molecular complexity index is 1250.